The van der Waals surface area contributed by atoms with Gasteiger partial charge in [0.05, 0.1) is 18.2 Å². The molecule has 7 heteroatoms. The number of phenolic OH excluding ortho intramolecular Hbond substituents is 2. The number of halogens is 1. The first-order valence-electron chi connectivity index (χ1n) is 8.82. The largest absolute Gasteiger partial charge is 0.507 e. The Morgan fingerprint density at radius 2 is 1.93 bits per heavy atom. The molecule has 0 aliphatic heterocycles. The van der Waals surface area contributed by atoms with Crippen molar-refractivity contribution >= 4 is 17.6 Å². The van der Waals surface area contributed by atoms with Crippen LogP contribution in [0.4, 0.5) is 0 Å². The number of hydrogen-bond acceptors (Lipinski definition) is 5. The maximum absolute atomic E-state index is 12.1. The summed E-state index contributed by atoms with van der Waals surface area (Å²) in [4.78, 5) is 16.5. The number of imidazole rings is 1. The van der Waals surface area contributed by atoms with Crippen molar-refractivity contribution in [2.24, 2.45) is 0 Å². The van der Waals surface area contributed by atoms with E-state index in [1.165, 1.54) is 7.11 Å². The van der Waals surface area contributed by atoms with Crippen LogP contribution < -0.4 is 0 Å². The fourth-order valence-electron chi connectivity index (χ4n) is 3.27. The highest BCUT2D eigenvalue weighted by molar-refractivity contribution is 6.33. The number of methoxy groups -OCH3 is 1. The van der Waals surface area contributed by atoms with Crippen LogP contribution in [-0.2, 0) is 17.6 Å². The third kappa shape index (κ3) is 3.82. The third-order valence-electron chi connectivity index (χ3n) is 4.76. The van der Waals surface area contributed by atoms with Crippen molar-refractivity contribution in [1.29, 1.82) is 0 Å². The zero-order chi connectivity index (χ0) is 20.3. The second-order valence-corrected chi connectivity index (χ2v) is 6.79. The molecule has 0 aliphatic rings. The lowest BCUT2D eigenvalue weighted by atomic mass is 10.0. The summed E-state index contributed by atoms with van der Waals surface area (Å²) in [5.41, 5.74) is 1.43. The molecule has 0 saturated carbocycles. The van der Waals surface area contributed by atoms with Crippen molar-refractivity contribution in [3.05, 3.63) is 76.3 Å². The summed E-state index contributed by atoms with van der Waals surface area (Å²) < 4.78 is 6.79. The molecule has 2 N–H and O–H groups in total. The second-order valence-electron chi connectivity index (χ2n) is 6.41. The molecule has 1 aromatic heterocycles. The molecular weight excluding hydrogens is 380 g/mol. The molecule has 0 unspecified atom stereocenters. The number of rotatable bonds is 6. The first-order chi connectivity index (χ1) is 13.4. The Kier molecular flexibility index (Phi) is 5.90. The van der Waals surface area contributed by atoms with Gasteiger partial charge in [0.25, 0.3) is 0 Å². The van der Waals surface area contributed by atoms with Crippen LogP contribution in [0.15, 0.2) is 48.8 Å². The molecule has 3 aromatic rings. The van der Waals surface area contributed by atoms with Gasteiger partial charge in [-0.3, -0.25) is 0 Å². The summed E-state index contributed by atoms with van der Waals surface area (Å²) in [5.74, 6) is -0.575. The van der Waals surface area contributed by atoms with Crippen molar-refractivity contribution in [3.8, 4) is 11.5 Å². The van der Waals surface area contributed by atoms with E-state index in [0.29, 0.717) is 18.4 Å². The standard InChI is InChI=1S/C21H21ClN2O4/c1-13(14-6-4-3-5-7-14)24-11-10-23-18(24)9-8-15-19(21(27)28-2)16(25)12-17(26)20(15)22/h3-7,10-13,25-26H,8-9H2,1-2H3/t13-/m0/s1. The van der Waals surface area contributed by atoms with Crippen molar-refractivity contribution in [3.63, 3.8) is 0 Å². The van der Waals surface area contributed by atoms with E-state index in [4.69, 9.17) is 16.3 Å². The number of nitrogens with zero attached hydrogens (tertiary/aromatic N) is 2. The van der Waals surface area contributed by atoms with Gasteiger partial charge >= 0.3 is 5.97 Å². The van der Waals surface area contributed by atoms with E-state index in [-0.39, 0.29) is 28.1 Å². The molecule has 6 nitrogen and oxygen atoms in total. The Balaban J connectivity index is 1.90. The molecule has 0 saturated heterocycles. The Bertz CT molecular complexity index is 986. The molecule has 146 valence electrons. The molecule has 2 aromatic carbocycles. The predicted molar refractivity (Wildman–Crippen MR) is 106 cm³/mol. The maximum Gasteiger partial charge on any atom is 0.341 e. The Hall–Kier alpha value is -2.99. The quantitative estimate of drug-likeness (QED) is 0.608. The molecular formula is C21H21ClN2O4. The van der Waals surface area contributed by atoms with E-state index in [1.807, 2.05) is 41.1 Å². The van der Waals surface area contributed by atoms with Gasteiger partial charge < -0.3 is 19.5 Å². The van der Waals surface area contributed by atoms with E-state index < -0.39 is 5.97 Å². The highest BCUT2D eigenvalue weighted by atomic mass is 35.5. The minimum absolute atomic E-state index is 0.0208. The number of esters is 1. The van der Waals surface area contributed by atoms with Crippen LogP contribution in [0.25, 0.3) is 0 Å². The molecule has 1 atom stereocenters. The fraction of sp³-hybridized carbons (Fsp3) is 0.238. The number of aromatic nitrogens is 2. The number of carbonyl (C=O) groups excluding carboxylic acids is 1. The molecule has 3 rings (SSSR count). The van der Waals surface area contributed by atoms with E-state index in [0.717, 1.165) is 17.5 Å². The van der Waals surface area contributed by atoms with Gasteiger partial charge in [0.15, 0.2) is 0 Å². The van der Waals surface area contributed by atoms with Crippen LogP contribution in [0, 0.1) is 0 Å². The summed E-state index contributed by atoms with van der Waals surface area (Å²) in [6.07, 6.45) is 4.37. The summed E-state index contributed by atoms with van der Waals surface area (Å²) in [6.45, 7) is 2.08. The van der Waals surface area contributed by atoms with Gasteiger partial charge in [-0.05, 0) is 24.5 Å². The molecule has 0 radical (unpaired) electrons. The number of carbonyl (C=O) groups is 1. The van der Waals surface area contributed by atoms with Gasteiger partial charge in [-0.15, -0.1) is 0 Å². The predicted octanol–water partition coefficient (Wildman–Crippen LogP) is 4.13. The van der Waals surface area contributed by atoms with E-state index in [2.05, 4.69) is 11.9 Å². The Morgan fingerprint density at radius 3 is 2.61 bits per heavy atom. The van der Waals surface area contributed by atoms with Crippen molar-refractivity contribution in [1.82, 2.24) is 9.55 Å². The monoisotopic (exact) mass is 400 g/mol. The third-order valence-corrected chi connectivity index (χ3v) is 5.18. The normalized spacial score (nSPS) is 12.0. The van der Waals surface area contributed by atoms with Crippen LogP contribution in [-0.4, -0.2) is 32.8 Å². The Labute approximate surface area is 168 Å². The number of ether oxygens (including phenoxy) is 1. The number of aryl methyl sites for hydroxylation is 1. The van der Waals surface area contributed by atoms with Crippen LogP contribution in [0.2, 0.25) is 5.02 Å². The molecule has 1 heterocycles. The van der Waals surface area contributed by atoms with Crippen molar-refractivity contribution in [2.75, 3.05) is 7.11 Å². The average molecular weight is 401 g/mol. The summed E-state index contributed by atoms with van der Waals surface area (Å²) >= 11 is 6.21. The molecule has 0 amide bonds. The van der Waals surface area contributed by atoms with Gasteiger partial charge in [-0.25, -0.2) is 9.78 Å². The van der Waals surface area contributed by atoms with E-state index in [9.17, 15) is 15.0 Å². The molecule has 0 bridgehead atoms. The number of aromatic hydroxyl groups is 2. The lowest BCUT2D eigenvalue weighted by molar-refractivity contribution is 0.0596. The number of hydrogen-bond donors (Lipinski definition) is 2. The topological polar surface area (TPSA) is 84.6 Å². The molecule has 0 spiro atoms. The zero-order valence-corrected chi connectivity index (χ0v) is 16.3. The van der Waals surface area contributed by atoms with Gasteiger partial charge in [0.1, 0.15) is 22.9 Å². The van der Waals surface area contributed by atoms with Crippen LogP contribution in [0.3, 0.4) is 0 Å². The summed E-state index contributed by atoms with van der Waals surface area (Å²) in [5, 5.41) is 20.1. The minimum atomic E-state index is -0.713. The number of benzene rings is 2. The van der Waals surface area contributed by atoms with Gasteiger partial charge in [0.2, 0.25) is 0 Å². The highest BCUT2D eigenvalue weighted by Crippen LogP contribution is 2.37. The fourth-order valence-corrected chi connectivity index (χ4v) is 3.51. The van der Waals surface area contributed by atoms with Gasteiger partial charge in [-0.1, -0.05) is 41.9 Å². The smallest absolute Gasteiger partial charge is 0.341 e. The van der Waals surface area contributed by atoms with Crippen molar-refractivity contribution in [2.45, 2.75) is 25.8 Å². The summed E-state index contributed by atoms with van der Waals surface area (Å²) in [6, 6.07) is 11.2. The second kappa shape index (κ2) is 8.35. The van der Waals surface area contributed by atoms with Crippen LogP contribution >= 0.6 is 11.6 Å². The van der Waals surface area contributed by atoms with Gasteiger partial charge in [-0.2, -0.15) is 0 Å². The molecule has 0 aliphatic carbocycles. The van der Waals surface area contributed by atoms with Crippen molar-refractivity contribution < 1.29 is 19.7 Å². The molecule has 0 fully saturated rings. The molecule has 28 heavy (non-hydrogen) atoms. The first-order valence-corrected chi connectivity index (χ1v) is 9.20. The Morgan fingerprint density at radius 1 is 1.21 bits per heavy atom. The lowest BCUT2D eigenvalue weighted by Crippen LogP contribution is -2.12. The summed E-state index contributed by atoms with van der Waals surface area (Å²) in [7, 11) is 1.22. The van der Waals surface area contributed by atoms with E-state index >= 15 is 0 Å². The minimum Gasteiger partial charge on any atom is -0.507 e. The lowest BCUT2D eigenvalue weighted by Gasteiger charge is -2.18. The van der Waals surface area contributed by atoms with Gasteiger partial charge in [0, 0.05) is 24.9 Å². The van der Waals surface area contributed by atoms with Crippen LogP contribution in [0.1, 0.15) is 40.3 Å². The first kappa shape index (κ1) is 19.8. The van der Waals surface area contributed by atoms with E-state index in [1.54, 1.807) is 6.20 Å². The number of phenols is 2. The average Bonchev–Trinajstić information content (AvgIpc) is 3.17. The zero-order valence-electron chi connectivity index (χ0n) is 15.6. The highest BCUT2D eigenvalue weighted by Gasteiger charge is 2.23. The SMILES string of the molecule is COC(=O)c1c(O)cc(O)c(Cl)c1CCc1nccn1[C@@H](C)c1ccccc1. The van der Waals surface area contributed by atoms with Crippen LogP contribution in [0.5, 0.6) is 11.5 Å². The maximum atomic E-state index is 12.1.